The van der Waals surface area contributed by atoms with Gasteiger partial charge in [0.15, 0.2) is 9.84 Å². The third-order valence-electron chi connectivity index (χ3n) is 3.92. The fourth-order valence-electron chi connectivity index (χ4n) is 2.70. The van der Waals surface area contributed by atoms with Gasteiger partial charge >= 0.3 is 0 Å². The third-order valence-corrected chi connectivity index (χ3v) is 5.67. The van der Waals surface area contributed by atoms with Gasteiger partial charge in [-0.05, 0) is 25.6 Å². The topological polar surface area (TPSA) is 55.2 Å². The predicted molar refractivity (Wildman–Crippen MR) is 82.1 cm³/mol. The molecule has 6 heteroatoms. The molecule has 1 aliphatic rings. The van der Waals surface area contributed by atoms with E-state index in [4.69, 9.17) is 0 Å². The number of rotatable bonds is 4. The van der Waals surface area contributed by atoms with Crippen LogP contribution in [0.1, 0.15) is 12.0 Å². The van der Waals surface area contributed by atoms with E-state index in [9.17, 15) is 8.42 Å². The summed E-state index contributed by atoms with van der Waals surface area (Å²) in [7, 11) is -0.855. The second kappa shape index (κ2) is 5.61. The third kappa shape index (κ3) is 3.33. The van der Waals surface area contributed by atoms with E-state index in [0.717, 1.165) is 17.7 Å². The first-order valence-corrected chi connectivity index (χ1v) is 8.85. The maximum atomic E-state index is 11.5. The lowest BCUT2D eigenvalue weighted by atomic mass is 10.2. The van der Waals surface area contributed by atoms with Gasteiger partial charge in [-0.2, -0.15) is 5.10 Å². The first-order valence-electron chi connectivity index (χ1n) is 7.03. The zero-order chi connectivity index (χ0) is 14.9. The van der Waals surface area contributed by atoms with Crippen LogP contribution in [0.3, 0.4) is 0 Å². The first kappa shape index (κ1) is 14.3. The largest absolute Gasteiger partial charge is 0.298 e. The minimum absolute atomic E-state index is 0.120. The fraction of sp³-hybridized carbons (Fsp3) is 0.400. The van der Waals surface area contributed by atoms with Gasteiger partial charge in [0.2, 0.25) is 0 Å². The molecule has 0 N–H and O–H groups in total. The molecule has 0 amide bonds. The minimum Gasteiger partial charge on any atom is -0.298 e. The molecule has 0 bridgehead atoms. The Bertz CT molecular complexity index is 710. The second-order valence-corrected chi connectivity index (χ2v) is 7.83. The van der Waals surface area contributed by atoms with Gasteiger partial charge in [-0.25, -0.2) is 13.1 Å². The standard InChI is InChI=1S/C15H19N3O2S/c1-17(15-7-8-21(19,20)12-15)10-13-9-16-18(11-13)14-5-3-2-4-6-14/h2-6,9,11,15H,7-8,10,12H2,1H3/t15-/m1/s1. The smallest absolute Gasteiger partial charge is 0.151 e. The van der Waals surface area contributed by atoms with Crippen molar-refractivity contribution in [3.63, 3.8) is 0 Å². The molecule has 2 heterocycles. The van der Waals surface area contributed by atoms with E-state index in [1.807, 2.05) is 54.5 Å². The van der Waals surface area contributed by atoms with Gasteiger partial charge in [0.05, 0.1) is 23.4 Å². The summed E-state index contributed by atoms with van der Waals surface area (Å²) in [6, 6.07) is 10.1. The number of hydrogen-bond acceptors (Lipinski definition) is 4. The fourth-order valence-corrected chi connectivity index (χ4v) is 4.51. The molecule has 1 fully saturated rings. The van der Waals surface area contributed by atoms with Crippen molar-refractivity contribution in [1.82, 2.24) is 14.7 Å². The average molecular weight is 305 g/mol. The molecule has 0 aliphatic carbocycles. The monoisotopic (exact) mass is 305 g/mol. The van der Waals surface area contributed by atoms with E-state index in [2.05, 4.69) is 10.00 Å². The molecule has 0 spiro atoms. The molecule has 21 heavy (non-hydrogen) atoms. The summed E-state index contributed by atoms with van der Waals surface area (Å²) in [6.45, 7) is 0.715. The van der Waals surface area contributed by atoms with Crippen molar-refractivity contribution in [2.45, 2.75) is 19.0 Å². The Morgan fingerprint density at radius 1 is 1.33 bits per heavy atom. The van der Waals surface area contributed by atoms with Gasteiger partial charge < -0.3 is 0 Å². The van der Waals surface area contributed by atoms with Crippen molar-refractivity contribution < 1.29 is 8.42 Å². The molecule has 2 aromatic rings. The Morgan fingerprint density at radius 2 is 2.10 bits per heavy atom. The van der Waals surface area contributed by atoms with E-state index < -0.39 is 9.84 Å². The summed E-state index contributed by atoms with van der Waals surface area (Å²) in [4.78, 5) is 2.11. The van der Waals surface area contributed by atoms with Crippen LogP contribution in [0, 0.1) is 0 Å². The van der Waals surface area contributed by atoms with Gasteiger partial charge in [0.1, 0.15) is 0 Å². The van der Waals surface area contributed by atoms with Gasteiger partial charge in [0, 0.05) is 24.3 Å². The molecule has 0 saturated carbocycles. The minimum atomic E-state index is -2.83. The first-order chi connectivity index (χ1) is 10.0. The molecule has 3 rings (SSSR count). The molecule has 5 nitrogen and oxygen atoms in total. The van der Waals surface area contributed by atoms with Crippen LogP contribution in [0.15, 0.2) is 42.7 Å². The molecule has 1 aromatic carbocycles. The molecular weight excluding hydrogens is 286 g/mol. The molecule has 1 aliphatic heterocycles. The Balaban J connectivity index is 1.68. The molecule has 0 radical (unpaired) electrons. The van der Waals surface area contributed by atoms with Crippen LogP contribution in [0.4, 0.5) is 0 Å². The summed E-state index contributed by atoms with van der Waals surface area (Å²) in [5, 5.41) is 4.37. The van der Waals surface area contributed by atoms with Crippen molar-refractivity contribution in [1.29, 1.82) is 0 Å². The zero-order valence-electron chi connectivity index (χ0n) is 12.0. The van der Waals surface area contributed by atoms with Crippen LogP contribution in [-0.2, 0) is 16.4 Å². The highest BCUT2D eigenvalue weighted by Gasteiger charge is 2.30. The van der Waals surface area contributed by atoms with Crippen LogP contribution in [0.25, 0.3) is 5.69 Å². The van der Waals surface area contributed by atoms with Gasteiger partial charge in [-0.15, -0.1) is 0 Å². The summed E-state index contributed by atoms with van der Waals surface area (Å²) >= 11 is 0. The average Bonchev–Trinajstić information content (AvgIpc) is 3.06. The molecule has 0 unspecified atom stereocenters. The van der Waals surface area contributed by atoms with Crippen LogP contribution < -0.4 is 0 Å². The predicted octanol–water partition coefficient (Wildman–Crippen LogP) is 1.49. The molecular formula is C15H19N3O2S. The number of hydrogen-bond donors (Lipinski definition) is 0. The quantitative estimate of drug-likeness (QED) is 0.859. The Hall–Kier alpha value is -1.66. The van der Waals surface area contributed by atoms with Gasteiger partial charge in [0.25, 0.3) is 0 Å². The van der Waals surface area contributed by atoms with Crippen molar-refractivity contribution >= 4 is 9.84 Å². The highest BCUT2D eigenvalue weighted by molar-refractivity contribution is 7.91. The lowest BCUT2D eigenvalue weighted by Gasteiger charge is -2.22. The van der Waals surface area contributed by atoms with Gasteiger partial charge in [-0.3, -0.25) is 4.90 Å². The van der Waals surface area contributed by atoms with Crippen molar-refractivity contribution in [3.05, 3.63) is 48.3 Å². The number of aromatic nitrogens is 2. The highest BCUT2D eigenvalue weighted by atomic mass is 32.2. The maximum Gasteiger partial charge on any atom is 0.151 e. The highest BCUT2D eigenvalue weighted by Crippen LogP contribution is 2.18. The maximum absolute atomic E-state index is 11.5. The molecule has 1 aromatic heterocycles. The Labute approximate surface area is 125 Å². The van der Waals surface area contributed by atoms with Crippen LogP contribution in [-0.4, -0.2) is 47.7 Å². The summed E-state index contributed by atoms with van der Waals surface area (Å²) in [5.74, 6) is 0.585. The van der Waals surface area contributed by atoms with Gasteiger partial charge in [-0.1, -0.05) is 18.2 Å². The van der Waals surface area contributed by atoms with E-state index in [1.165, 1.54) is 0 Å². The second-order valence-electron chi connectivity index (χ2n) is 5.60. The van der Waals surface area contributed by atoms with Crippen molar-refractivity contribution in [3.8, 4) is 5.69 Å². The number of benzene rings is 1. The Kier molecular flexibility index (Phi) is 3.82. The number of nitrogens with zero attached hydrogens (tertiary/aromatic N) is 3. The van der Waals surface area contributed by atoms with Crippen LogP contribution in [0.2, 0.25) is 0 Å². The normalized spacial score (nSPS) is 21.0. The summed E-state index contributed by atoms with van der Waals surface area (Å²) < 4.78 is 24.9. The number of para-hydroxylation sites is 1. The molecule has 1 saturated heterocycles. The van der Waals surface area contributed by atoms with Crippen LogP contribution >= 0.6 is 0 Å². The van der Waals surface area contributed by atoms with Crippen LogP contribution in [0.5, 0.6) is 0 Å². The van der Waals surface area contributed by atoms with E-state index in [1.54, 1.807) is 0 Å². The van der Waals surface area contributed by atoms with Crippen molar-refractivity contribution in [2.75, 3.05) is 18.6 Å². The zero-order valence-corrected chi connectivity index (χ0v) is 12.8. The number of sulfone groups is 1. The van der Waals surface area contributed by atoms with E-state index in [-0.39, 0.29) is 11.8 Å². The lowest BCUT2D eigenvalue weighted by Crippen LogP contribution is -2.31. The SMILES string of the molecule is CN(Cc1cnn(-c2ccccc2)c1)[C@@H]1CCS(=O)(=O)C1. The summed E-state index contributed by atoms with van der Waals surface area (Å²) in [5.41, 5.74) is 2.11. The molecule has 1 atom stereocenters. The van der Waals surface area contributed by atoms with Crippen molar-refractivity contribution in [2.24, 2.45) is 0 Å². The summed E-state index contributed by atoms with van der Waals surface area (Å²) in [6.07, 6.45) is 4.56. The molecule has 112 valence electrons. The Morgan fingerprint density at radius 3 is 2.76 bits per heavy atom. The lowest BCUT2D eigenvalue weighted by molar-refractivity contribution is 0.254. The van der Waals surface area contributed by atoms with E-state index in [0.29, 0.717) is 12.3 Å². The van der Waals surface area contributed by atoms with E-state index >= 15 is 0 Å².